The van der Waals surface area contributed by atoms with Gasteiger partial charge in [-0.2, -0.15) is 0 Å². The first-order chi connectivity index (χ1) is 3.47. The molecule has 0 aromatic heterocycles. The van der Waals surface area contributed by atoms with E-state index in [1.165, 1.54) is 19.3 Å². The zero-order valence-electron chi connectivity index (χ0n) is 4.43. The van der Waals surface area contributed by atoms with E-state index in [1.807, 2.05) is 0 Å². The first-order valence-electron chi connectivity index (χ1n) is 3.12. The summed E-state index contributed by atoms with van der Waals surface area (Å²) >= 11 is 0. The van der Waals surface area contributed by atoms with Crippen LogP contribution in [0.3, 0.4) is 0 Å². The highest BCUT2D eigenvalue weighted by Gasteiger charge is 2.36. The molecule has 0 heteroatoms. The fourth-order valence-electron chi connectivity index (χ4n) is 1.43. The molecule has 1 saturated carbocycles. The first-order valence-corrected chi connectivity index (χ1v) is 3.12. The third kappa shape index (κ3) is 0.495. The average Bonchev–Trinajstić information content (AvgIpc) is 2.41. The van der Waals surface area contributed by atoms with Gasteiger partial charge in [0.25, 0.3) is 0 Å². The molecule has 1 fully saturated rings. The second-order valence-electron chi connectivity index (χ2n) is 2.70. The van der Waals surface area contributed by atoms with E-state index in [0.717, 1.165) is 11.8 Å². The maximum absolute atomic E-state index is 2.33. The minimum Gasteiger partial charge on any atom is -0.0882 e. The van der Waals surface area contributed by atoms with Crippen LogP contribution in [-0.2, 0) is 0 Å². The van der Waals surface area contributed by atoms with Gasteiger partial charge >= 0.3 is 0 Å². The fourth-order valence-corrected chi connectivity index (χ4v) is 1.43. The van der Waals surface area contributed by atoms with Crippen LogP contribution in [0, 0.1) is 11.8 Å². The van der Waals surface area contributed by atoms with Gasteiger partial charge in [-0.05, 0) is 31.1 Å². The lowest BCUT2D eigenvalue weighted by atomic mass is 10.1. The Morgan fingerprint density at radius 3 is 2.00 bits per heavy atom. The van der Waals surface area contributed by atoms with Crippen molar-refractivity contribution in [3.63, 3.8) is 0 Å². The Kier molecular flexibility index (Phi) is 0.592. The molecule has 0 spiro atoms. The Balaban J connectivity index is 2.10. The Morgan fingerprint density at radius 2 is 1.57 bits per heavy atom. The molecule has 0 heterocycles. The van der Waals surface area contributed by atoms with Crippen molar-refractivity contribution in [3.05, 3.63) is 12.2 Å². The zero-order chi connectivity index (χ0) is 4.69. The van der Waals surface area contributed by atoms with E-state index in [4.69, 9.17) is 0 Å². The van der Waals surface area contributed by atoms with E-state index in [1.54, 1.807) is 0 Å². The largest absolute Gasteiger partial charge is 0.0882 e. The van der Waals surface area contributed by atoms with Gasteiger partial charge in [-0.1, -0.05) is 12.2 Å². The van der Waals surface area contributed by atoms with Crippen LogP contribution in [0.5, 0.6) is 0 Å². The maximum Gasteiger partial charge on any atom is -0.0319 e. The molecule has 0 saturated heterocycles. The van der Waals surface area contributed by atoms with Gasteiger partial charge in [0.1, 0.15) is 0 Å². The Morgan fingerprint density at radius 1 is 1.00 bits per heavy atom. The van der Waals surface area contributed by atoms with Gasteiger partial charge in [0, 0.05) is 0 Å². The number of hydrogen-bond donors (Lipinski definition) is 0. The second kappa shape index (κ2) is 1.12. The highest BCUT2D eigenvalue weighted by molar-refractivity contribution is 5.02. The van der Waals surface area contributed by atoms with Crippen molar-refractivity contribution in [2.45, 2.75) is 19.3 Å². The van der Waals surface area contributed by atoms with Crippen LogP contribution in [0.15, 0.2) is 12.2 Å². The first kappa shape index (κ1) is 3.71. The molecule has 7 heavy (non-hydrogen) atoms. The second-order valence-corrected chi connectivity index (χ2v) is 2.70. The van der Waals surface area contributed by atoms with Crippen molar-refractivity contribution in [1.82, 2.24) is 0 Å². The Labute approximate surface area is 44.2 Å². The van der Waals surface area contributed by atoms with E-state index in [-0.39, 0.29) is 0 Å². The molecule has 0 radical (unpaired) electrons. The third-order valence-electron chi connectivity index (χ3n) is 2.11. The van der Waals surface area contributed by atoms with Gasteiger partial charge in [-0.25, -0.2) is 0 Å². The normalized spacial score (nSPS) is 45.7. The van der Waals surface area contributed by atoms with Crippen LogP contribution in [0.4, 0.5) is 0 Å². The van der Waals surface area contributed by atoms with Crippen LogP contribution in [0.1, 0.15) is 19.3 Å². The summed E-state index contributed by atoms with van der Waals surface area (Å²) < 4.78 is 0. The van der Waals surface area contributed by atoms with Crippen molar-refractivity contribution >= 4 is 0 Å². The summed E-state index contributed by atoms with van der Waals surface area (Å²) in [6.07, 6.45) is 8.94. The lowest BCUT2D eigenvalue weighted by Crippen LogP contribution is -1.83. The minimum atomic E-state index is 1.12. The van der Waals surface area contributed by atoms with Gasteiger partial charge in [0.05, 0.1) is 0 Å². The van der Waals surface area contributed by atoms with E-state index < -0.39 is 0 Å². The molecule has 2 unspecified atom stereocenters. The number of rotatable bonds is 0. The molecule has 2 aliphatic rings. The van der Waals surface area contributed by atoms with Gasteiger partial charge in [-0.15, -0.1) is 0 Å². The quantitative estimate of drug-likeness (QED) is 0.402. The monoisotopic (exact) mass is 94.1 g/mol. The van der Waals surface area contributed by atoms with Gasteiger partial charge < -0.3 is 0 Å². The summed E-state index contributed by atoms with van der Waals surface area (Å²) in [5.74, 6) is 2.23. The molecule has 0 bridgehead atoms. The predicted molar refractivity (Wildman–Crippen MR) is 30.0 cm³/mol. The van der Waals surface area contributed by atoms with Gasteiger partial charge in [0.15, 0.2) is 0 Å². The van der Waals surface area contributed by atoms with Gasteiger partial charge in [-0.3, -0.25) is 0 Å². The summed E-state index contributed by atoms with van der Waals surface area (Å²) in [5, 5.41) is 0. The lowest BCUT2D eigenvalue weighted by molar-refractivity contribution is 0.689. The number of allylic oxidation sites excluding steroid dienone is 2. The summed E-state index contributed by atoms with van der Waals surface area (Å²) in [5.41, 5.74) is 0. The molecular weight excluding hydrogens is 84.1 g/mol. The molecule has 2 aliphatic carbocycles. The topological polar surface area (TPSA) is 0 Å². The fraction of sp³-hybridized carbons (Fsp3) is 0.714. The van der Waals surface area contributed by atoms with Crippen molar-refractivity contribution in [2.75, 3.05) is 0 Å². The van der Waals surface area contributed by atoms with Crippen LogP contribution in [0.25, 0.3) is 0 Å². The molecule has 0 aromatic carbocycles. The lowest BCUT2D eigenvalue weighted by Gasteiger charge is -1.96. The maximum atomic E-state index is 2.33. The number of hydrogen-bond acceptors (Lipinski definition) is 0. The third-order valence-corrected chi connectivity index (χ3v) is 2.11. The van der Waals surface area contributed by atoms with Crippen molar-refractivity contribution in [2.24, 2.45) is 11.8 Å². The SMILES string of the molecule is C1=CCC2CC2C1. The highest BCUT2D eigenvalue weighted by atomic mass is 14.4. The van der Waals surface area contributed by atoms with Crippen LogP contribution in [-0.4, -0.2) is 0 Å². The van der Waals surface area contributed by atoms with Crippen LogP contribution < -0.4 is 0 Å². The Bertz CT molecular complexity index is 90.6. The molecule has 0 nitrogen and oxygen atoms in total. The Hall–Kier alpha value is -0.260. The van der Waals surface area contributed by atoms with E-state index in [9.17, 15) is 0 Å². The van der Waals surface area contributed by atoms with Crippen LogP contribution >= 0.6 is 0 Å². The molecule has 2 atom stereocenters. The summed E-state index contributed by atoms with van der Waals surface area (Å²) in [6.45, 7) is 0. The molecule has 38 valence electrons. The van der Waals surface area contributed by atoms with Gasteiger partial charge in [0.2, 0.25) is 0 Å². The molecular formula is C7H10. The summed E-state index contributed by atoms with van der Waals surface area (Å²) in [7, 11) is 0. The molecule has 2 rings (SSSR count). The molecule has 0 aromatic rings. The molecule has 0 aliphatic heterocycles. The summed E-state index contributed by atoms with van der Waals surface area (Å²) in [4.78, 5) is 0. The number of fused-ring (bicyclic) bond motifs is 1. The van der Waals surface area contributed by atoms with Crippen molar-refractivity contribution < 1.29 is 0 Å². The zero-order valence-corrected chi connectivity index (χ0v) is 4.43. The molecule has 0 amide bonds. The van der Waals surface area contributed by atoms with Crippen molar-refractivity contribution in [3.8, 4) is 0 Å². The van der Waals surface area contributed by atoms with E-state index in [0.29, 0.717) is 0 Å². The van der Waals surface area contributed by atoms with E-state index >= 15 is 0 Å². The highest BCUT2D eigenvalue weighted by Crippen LogP contribution is 2.46. The minimum absolute atomic E-state index is 1.12. The summed E-state index contributed by atoms with van der Waals surface area (Å²) in [6, 6.07) is 0. The molecule has 0 N–H and O–H groups in total. The predicted octanol–water partition coefficient (Wildman–Crippen LogP) is 1.97. The van der Waals surface area contributed by atoms with Crippen LogP contribution in [0.2, 0.25) is 0 Å². The van der Waals surface area contributed by atoms with Crippen molar-refractivity contribution in [1.29, 1.82) is 0 Å². The average molecular weight is 94.2 g/mol. The smallest absolute Gasteiger partial charge is 0.0319 e. The standard InChI is InChI=1S/C7H10/c1-2-4-7-5-6(7)3-1/h1-2,6-7H,3-5H2. The van der Waals surface area contributed by atoms with E-state index in [2.05, 4.69) is 12.2 Å².